The van der Waals surface area contributed by atoms with Gasteiger partial charge in [-0.1, -0.05) is 93.6 Å². The highest BCUT2D eigenvalue weighted by molar-refractivity contribution is 7.67. The number of fused-ring (bicyclic) bond motifs is 1. The summed E-state index contributed by atoms with van der Waals surface area (Å²) in [5.41, 5.74) is 6.40. The molecule has 178 valence electrons. The lowest BCUT2D eigenvalue weighted by molar-refractivity contribution is 0.398. The number of hydrogen-bond acceptors (Lipinski definition) is 3. The van der Waals surface area contributed by atoms with Crippen LogP contribution in [-0.2, 0) is 0 Å². The van der Waals surface area contributed by atoms with Crippen molar-refractivity contribution in [2.24, 2.45) is 0 Å². The fraction of sp³-hybridized carbons (Fsp3) is 0.226. The molecule has 5 rings (SSSR count). The number of benzene rings is 4. The molecule has 4 heteroatoms. The van der Waals surface area contributed by atoms with Crippen LogP contribution < -0.4 is 19.5 Å². The molecule has 0 bridgehead atoms. The van der Waals surface area contributed by atoms with Crippen molar-refractivity contribution in [1.82, 2.24) is 0 Å². The van der Waals surface area contributed by atoms with Crippen molar-refractivity contribution in [3.8, 4) is 50.6 Å². The van der Waals surface area contributed by atoms with Gasteiger partial charge in [0.05, 0.1) is 19.8 Å². The van der Waals surface area contributed by atoms with Crippen LogP contribution in [0.25, 0.3) is 33.4 Å². The van der Waals surface area contributed by atoms with Crippen molar-refractivity contribution < 1.29 is 14.2 Å². The molecule has 0 saturated heterocycles. The molecule has 4 aromatic carbocycles. The van der Waals surface area contributed by atoms with Gasteiger partial charge in [-0.25, -0.2) is 0 Å². The summed E-state index contributed by atoms with van der Waals surface area (Å²) in [4.78, 5) is 0. The third-order valence-electron chi connectivity index (χ3n) is 6.51. The van der Waals surface area contributed by atoms with E-state index >= 15 is 0 Å². The Balaban J connectivity index is 1.90. The standard InChI is InChI=1S/C31H31O3P/c1-31(2,3)35-20-34-26-18-12-17-23(30(26)35)27-28(32-4)24(21-13-8-6-9-14-21)19-25(29(27)33-5)22-15-10-7-11-16-22/h6-19H,20H2,1-5H3. The molecule has 0 fully saturated rings. The third kappa shape index (κ3) is 4.19. The SMILES string of the molecule is COc1c(-c2ccccc2)cc(-c2ccccc2)c(OC)c1-c1cccc2c1P(C(C)(C)C)CO2. The van der Waals surface area contributed by atoms with Crippen molar-refractivity contribution in [2.75, 3.05) is 20.6 Å². The molecule has 0 spiro atoms. The van der Waals surface area contributed by atoms with Gasteiger partial charge >= 0.3 is 0 Å². The zero-order valence-electron chi connectivity index (χ0n) is 21.0. The maximum atomic E-state index is 6.22. The summed E-state index contributed by atoms with van der Waals surface area (Å²) >= 11 is 0. The van der Waals surface area contributed by atoms with Gasteiger partial charge in [0.15, 0.2) is 0 Å². The minimum Gasteiger partial charge on any atom is -0.495 e. The van der Waals surface area contributed by atoms with E-state index in [4.69, 9.17) is 14.2 Å². The zero-order chi connectivity index (χ0) is 24.6. The van der Waals surface area contributed by atoms with E-state index in [1.165, 1.54) is 5.30 Å². The van der Waals surface area contributed by atoms with Crippen LogP contribution in [0.2, 0.25) is 0 Å². The Morgan fingerprint density at radius 1 is 0.686 bits per heavy atom. The molecule has 0 amide bonds. The molecule has 0 N–H and O–H groups in total. The van der Waals surface area contributed by atoms with E-state index in [0.29, 0.717) is 0 Å². The minimum atomic E-state index is -0.542. The number of hydrogen-bond donors (Lipinski definition) is 0. The summed E-state index contributed by atoms with van der Waals surface area (Å²) in [6.45, 7) is 6.91. The van der Waals surface area contributed by atoms with Gasteiger partial charge < -0.3 is 14.2 Å². The van der Waals surface area contributed by atoms with Crippen molar-refractivity contribution in [3.63, 3.8) is 0 Å². The van der Waals surface area contributed by atoms with Gasteiger partial charge in [-0.15, -0.1) is 0 Å². The predicted octanol–water partition coefficient (Wildman–Crippen LogP) is 7.96. The number of rotatable bonds is 5. The zero-order valence-corrected chi connectivity index (χ0v) is 21.9. The van der Waals surface area contributed by atoms with Gasteiger partial charge in [-0.3, -0.25) is 0 Å². The van der Waals surface area contributed by atoms with Crippen LogP contribution in [0, 0.1) is 0 Å². The molecule has 0 radical (unpaired) electrons. The number of ether oxygens (including phenoxy) is 3. The van der Waals surface area contributed by atoms with Gasteiger partial charge in [0.1, 0.15) is 23.6 Å². The average molecular weight is 483 g/mol. The molecule has 1 aliphatic heterocycles. The molecular formula is C31H31O3P. The molecule has 1 aliphatic rings. The molecule has 35 heavy (non-hydrogen) atoms. The van der Waals surface area contributed by atoms with Crippen molar-refractivity contribution in [3.05, 3.63) is 84.9 Å². The summed E-state index contributed by atoms with van der Waals surface area (Å²) in [7, 11) is 2.96. The summed E-state index contributed by atoms with van der Waals surface area (Å²) < 4.78 is 18.6. The second-order valence-electron chi connectivity index (χ2n) is 9.67. The molecule has 1 unspecified atom stereocenters. The number of methoxy groups -OCH3 is 2. The van der Waals surface area contributed by atoms with Crippen LogP contribution in [0.3, 0.4) is 0 Å². The lowest BCUT2D eigenvalue weighted by Gasteiger charge is -2.29. The maximum absolute atomic E-state index is 6.22. The van der Waals surface area contributed by atoms with E-state index in [0.717, 1.165) is 57.0 Å². The van der Waals surface area contributed by atoms with E-state index in [9.17, 15) is 0 Å². The fourth-order valence-corrected chi connectivity index (χ4v) is 7.17. The lowest BCUT2D eigenvalue weighted by atomic mass is 9.90. The molecule has 0 saturated carbocycles. The first-order chi connectivity index (χ1) is 16.9. The second kappa shape index (κ2) is 9.40. The maximum Gasteiger partial charge on any atom is 0.138 e. The molecule has 4 aromatic rings. The van der Waals surface area contributed by atoms with E-state index in [-0.39, 0.29) is 5.16 Å². The van der Waals surface area contributed by atoms with Crippen LogP contribution in [0.1, 0.15) is 20.8 Å². The lowest BCUT2D eigenvalue weighted by Crippen LogP contribution is -2.19. The second-order valence-corrected chi connectivity index (χ2v) is 12.6. The molecular weight excluding hydrogens is 451 g/mol. The Kier molecular flexibility index (Phi) is 6.30. The van der Waals surface area contributed by atoms with E-state index < -0.39 is 7.92 Å². The molecule has 0 aromatic heterocycles. The van der Waals surface area contributed by atoms with Crippen molar-refractivity contribution >= 4 is 13.2 Å². The minimum absolute atomic E-state index is 0.108. The first-order valence-electron chi connectivity index (χ1n) is 11.9. The Hall–Kier alpha value is -3.29. The van der Waals surface area contributed by atoms with E-state index in [2.05, 4.69) is 93.6 Å². The Bertz CT molecular complexity index is 1280. The smallest absolute Gasteiger partial charge is 0.138 e. The Morgan fingerprint density at radius 2 is 1.23 bits per heavy atom. The average Bonchev–Trinajstić information content (AvgIpc) is 3.34. The van der Waals surface area contributed by atoms with Gasteiger partial charge in [-0.05, 0) is 36.3 Å². The summed E-state index contributed by atoms with van der Waals surface area (Å²) in [6, 6.07) is 29.4. The van der Waals surface area contributed by atoms with Gasteiger partial charge in [0, 0.05) is 22.0 Å². The molecule has 0 aliphatic carbocycles. The monoisotopic (exact) mass is 482 g/mol. The topological polar surface area (TPSA) is 27.7 Å². The summed E-state index contributed by atoms with van der Waals surface area (Å²) in [6.07, 6.45) is 0.736. The van der Waals surface area contributed by atoms with Gasteiger partial charge in [0.2, 0.25) is 0 Å². The van der Waals surface area contributed by atoms with E-state index in [1.807, 2.05) is 12.1 Å². The Labute approximate surface area is 209 Å². The first kappa shape index (κ1) is 23.5. The normalized spacial score (nSPS) is 14.8. The van der Waals surface area contributed by atoms with Crippen LogP contribution >= 0.6 is 7.92 Å². The van der Waals surface area contributed by atoms with Gasteiger partial charge in [-0.2, -0.15) is 0 Å². The highest BCUT2D eigenvalue weighted by atomic mass is 31.1. The summed E-state index contributed by atoms with van der Waals surface area (Å²) in [5.74, 6) is 2.60. The Morgan fingerprint density at radius 3 is 1.71 bits per heavy atom. The first-order valence-corrected chi connectivity index (χ1v) is 13.4. The largest absolute Gasteiger partial charge is 0.495 e. The highest BCUT2D eigenvalue weighted by Crippen LogP contribution is 2.58. The highest BCUT2D eigenvalue weighted by Gasteiger charge is 2.37. The van der Waals surface area contributed by atoms with Crippen LogP contribution in [0.5, 0.6) is 17.2 Å². The van der Waals surface area contributed by atoms with Crippen molar-refractivity contribution in [1.29, 1.82) is 0 Å². The summed E-state index contributed by atoms with van der Waals surface area (Å²) in [5, 5.41) is 1.40. The predicted molar refractivity (Wildman–Crippen MR) is 148 cm³/mol. The quantitative estimate of drug-likeness (QED) is 0.270. The fourth-order valence-electron chi connectivity index (χ4n) is 4.83. The van der Waals surface area contributed by atoms with Crippen molar-refractivity contribution in [2.45, 2.75) is 25.9 Å². The van der Waals surface area contributed by atoms with Crippen LogP contribution in [0.15, 0.2) is 84.9 Å². The molecule has 1 heterocycles. The molecule has 3 nitrogen and oxygen atoms in total. The van der Waals surface area contributed by atoms with E-state index in [1.54, 1.807) is 14.2 Å². The van der Waals surface area contributed by atoms with Gasteiger partial charge in [0.25, 0.3) is 0 Å². The third-order valence-corrected chi connectivity index (χ3v) is 9.51. The van der Waals surface area contributed by atoms with Crippen LogP contribution in [0.4, 0.5) is 0 Å². The molecule has 1 atom stereocenters. The van der Waals surface area contributed by atoms with Crippen LogP contribution in [-0.4, -0.2) is 25.7 Å².